The third-order valence-corrected chi connectivity index (χ3v) is 4.93. The van der Waals surface area contributed by atoms with Gasteiger partial charge in [-0.05, 0) is 12.8 Å². The van der Waals surface area contributed by atoms with E-state index >= 15 is 0 Å². The predicted molar refractivity (Wildman–Crippen MR) is 81.8 cm³/mol. The van der Waals surface area contributed by atoms with Crippen molar-refractivity contribution in [1.82, 2.24) is 0 Å². The van der Waals surface area contributed by atoms with Crippen molar-refractivity contribution in [3.63, 3.8) is 0 Å². The molecule has 0 radical (unpaired) electrons. The van der Waals surface area contributed by atoms with Crippen molar-refractivity contribution < 1.29 is 19.1 Å². The number of alkyl halides is 2. The first-order valence-corrected chi connectivity index (χ1v) is 8.71. The lowest BCUT2D eigenvalue weighted by Crippen LogP contribution is -2.37. The van der Waals surface area contributed by atoms with Crippen LogP contribution in [0.4, 0.5) is 0 Å². The summed E-state index contributed by atoms with van der Waals surface area (Å²) in [5.74, 6) is -0.428. The van der Waals surface area contributed by atoms with Crippen molar-refractivity contribution in [3.8, 4) is 0 Å². The third kappa shape index (κ3) is 7.92. The molecule has 4 nitrogen and oxygen atoms in total. The minimum absolute atomic E-state index is 0.214. The Labute approximate surface area is 131 Å². The van der Waals surface area contributed by atoms with Crippen molar-refractivity contribution >= 4 is 43.8 Å². The summed E-state index contributed by atoms with van der Waals surface area (Å²) in [6, 6.07) is 0. The fraction of sp³-hybridized carbons (Fsp3) is 0.846. The van der Waals surface area contributed by atoms with Crippen LogP contribution in [0.25, 0.3) is 0 Å². The zero-order chi connectivity index (χ0) is 14.7. The molecule has 0 amide bonds. The minimum atomic E-state index is -0.410. The second kappa shape index (κ2) is 10.7. The molecule has 6 heteroatoms. The van der Waals surface area contributed by atoms with Crippen LogP contribution in [0, 0.1) is 5.41 Å². The van der Waals surface area contributed by atoms with Crippen LogP contribution >= 0.6 is 31.9 Å². The molecule has 0 saturated carbocycles. The van der Waals surface area contributed by atoms with Crippen LogP contribution in [-0.4, -0.2) is 35.8 Å². The SMILES string of the molecule is CCCC(=O)OCC(CBr)(CBr)COC(=O)CCC. The Balaban J connectivity index is 4.32. The maximum Gasteiger partial charge on any atom is 0.305 e. The molecule has 0 aliphatic heterocycles. The second-order valence-corrected chi connectivity index (χ2v) is 5.71. The number of esters is 2. The first-order valence-electron chi connectivity index (χ1n) is 6.46. The van der Waals surface area contributed by atoms with E-state index in [1.807, 2.05) is 13.8 Å². The van der Waals surface area contributed by atoms with Gasteiger partial charge in [-0.2, -0.15) is 0 Å². The van der Waals surface area contributed by atoms with Gasteiger partial charge in [-0.3, -0.25) is 9.59 Å². The summed E-state index contributed by atoms with van der Waals surface area (Å²) >= 11 is 6.80. The lowest BCUT2D eigenvalue weighted by Gasteiger charge is -2.28. The summed E-state index contributed by atoms with van der Waals surface area (Å²) in [6.07, 6.45) is 2.35. The lowest BCUT2D eigenvalue weighted by molar-refractivity contribution is -0.152. The summed E-state index contributed by atoms with van der Waals surface area (Å²) in [5.41, 5.74) is -0.410. The molecule has 0 bridgehead atoms. The lowest BCUT2D eigenvalue weighted by atomic mass is 9.96. The van der Waals surface area contributed by atoms with E-state index in [2.05, 4.69) is 31.9 Å². The summed E-state index contributed by atoms with van der Waals surface area (Å²) < 4.78 is 10.5. The number of carbonyl (C=O) groups is 2. The maximum absolute atomic E-state index is 11.4. The van der Waals surface area contributed by atoms with Crippen LogP contribution in [-0.2, 0) is 19.1 Å². The molecule has 0 aromatic carbocycles. The zero-order valence-electron chi connectivity index (χ0n) is 11.5. The summed E-state index contributed by atoms with van der Waals surface area (Å²) in [5, 5.41) is 1.17. The molecule has 0 spiro atoms. The van der Waals surface area contributed by atoms with E-state index in [0.29, 0.717) is 23.5 Å². The molecule has 0 N–H and O–H groups in total. The van der Waals surface area contributed by atoms with Gasteiger partial charge in [0.2, 0.25) is 0 Å². The molecule has 112 valence electrons. The van der Waals surface area contributed by atoms with Gasteiger partial charge in [0, 0.05) is 23.5 Å². The Hall–Kier alpha value is -0.100. The molecule has 0 atom stereocenters. The number of hydrogen-bond acceptors (Lipinski definition) is 4. The fourth-order valence-electron chi connectivity index (χ4n) is 1.25. The largest absolute Gasteiger partial charge is 0.465 e. The molecule has 0 heterocycles. The minimum Gasteiger partial charge on any atom is -0.465 e. The quantitative estimate of drug-likeness (QED) is 0.415. The Morgan fingerprint density at radius 1 is 0.895 bits per heavy atom. The Kier molecular flexibility index (Phi) is 10.6. The van der Waals surface area contributed by atoms with E-state index < -0.39 is 5.41 Å². The average Bonchev–Trinajstić information content (AvgIpc) is 2.40. The normalized spacial score (nSPS) is 11.2. The first-order chi connectivity index (χ1) is 9.03. The van der Waals surface area contributed by atoms with E-state index in [0.717, 1.165) is 12.8 Å². The van der Waals surface area contributed by atoms with Crippen molar-refractivity contribution in [2.75, 3.05) is 23.9 Å². The molecular weight excluding hydrogens is 380 g/mol. The molecule has 0 unspecified atom stereocenters. The van der Waals surface area contributed by atoms with Gasteiger partial charge >= 0.3 is 11.9 Å². The predicted octanol–water partition coefficient (Wildman–Crippen LogP) is 3.45. The molecule has 0 rings (SSSR count). The van der Waals surface area contributed by atoms with Crippen LogP contribution in [0.5, 0.6) is 0 Å². The molecule has 0 aromatic heterocycles. The van der Waals surface area contributed by atoms with Gasteiger partial charge in [0.1, 0.15) is 13.2 Å². The van der Waals surface area contributed by atoms with Crippen molar-refractivity contribution in [2.45, 2.75) is 39.5 Å². The van der Waals surface area contributed by atoms with Gasteiger partial charge in [-0.1, -0.05) is 45.7 Å². The van der Waals surface area contributed by atoms with Crippen LogP contribution in [0.1, 0.15) is 39.5 Å². The molecule has 0 aliphatic carbocycles. The Bertz CT molecular complexity index is 254. The number of rotatable bonds is 10. The zero-order valence-corrected chi connectivity index (χ0v) is 14.7. The maximum atomic E-state index is 11.4. The van der Waals surface area contributed by atoms with Gasteiger partial charge in [0.25, 0.3) is 0 Å². The van der Waals surface area contributed by atoms with Crippen LogP contribution in [0.2, 0.25) is 0 Å². The summed E-state index contributed by atoms with van der Waals surface area (Å²) in [7, 11) is 0. The van der Waals surface area contributed by atoms with Crippen molar-refractivity contribution in [1.29, 1.82) is 0 Å². The van der Waals surface area contributed by atoms with Gasteiger partial charge in [0.15, 0.2) is 0 Å². The second-order valence-electron chi connectivity index (χ2n) is 4.59. The first kappa shape index (κ1) is 18.9. The van der Waals surface area contributed by atoms with Crippen molar-refractivity contribution in [3.05, 3.63) is 0 Å². The van der Waals surface area contributed by atoms with E-state index in [1.54, 1.807) is 0 Å². The van der Waals surface area contributed by atoms with Crippen LogP contribution in [0.3, 0.4) is 0 Å². The topological polar surface area (TPSA) is 52.6 Å². The van der Waals surface area contributed by atoms with Gasteiger partial charge in [-0.25, -0.2) is 0 Å². The molecule has 0 saturated heterocycles. The number of hydrogen-bond donors (Lipinski definition) is 0. The van der Waals surface area contributed by atoms with Crippen LogP contribution < -0.4 is 0 Å². The standard InChI is InChI=1S/C13H22Br2O4/c1-3-5-11(16)18-9-13(7-14,8-15)10-19-12(17)6-4-2/h3-10H2,1-2H3. The highest BCUT2D eigenvalue weighted by Gasteiger charge is 2.31. The van der Waals surface area contributed by atoms with E-state index in [9.17, 15) is 9.59 Å². The Morgan fingerprint density at radius 3 is 1.53 bits per heavy atom. The van der Waals surface area contributed by atoms with Gasteiger partial charge in [-0.15, -0.1) is 0 Å². The monoisotopic (exact) mass is 400 g/mol. The van der Waals surface area contributed by atoms with E-state index in [1.165, 1.54) is 0 Å². The summed E-state index contributed by atoms with van der Waals surface area (Å²) in [6.45, 7) is 4.33. The number of carbonyl (C=O) groups excluding carboxylic acids is 2. The third-order valence-electron chi connectivity index (χ3n) is 2.55. The molecule has 0 fully saturated rings. The van der Waals surface area contributed by atoms with Crippen LogP contribution in [0.15, 0.2) is 0 Å². The van der Waals surface area contributed by atoms with Crippen molar-refractivity contribution in [2.24, 2.45) is 5.41 Å². The molecule has 0 aromatic rings. The highest BCUT2D eigenvalue weighted by Crippen LogP contribution is 2.25. The Morgan fingerprint density at radius 2 is 1.26 bits per heavy atom. The smallest absolute Gasteiger partial charge is 0.305 e. The number of ether oxygens (including phenoxy) is 2. The highest BCUT2D eigenvalue weighted by atomic mass is 79.9. The van der Waals surface area contributed by atoms with E-state index in [-0.39, 0.29) is 25.2 Å². The molecule has 19 heavy (non-hydrogen) atoms. The number of halogens is 2. The summed E-state index contributed by atoms with van der Waals surface area (Å²) in [4.78, 5) is 22.8. The molecular formula is C13H22Br2O4. The fourth-order valence-corrected chi connectivity index (χ4v) is 2.83. The van der Waals surface area contributed by atoms with E-state index in [4.69, 9.17) is 9.47 Å². The molecule has 0 aliphatic rings. The average molecular weight is 402 g/mol. The van der Waals surface area contributed by atoms with Gasteiger partial charge < -0.3 is 9.47 Å². The van der Waals surface area contributed by atoms with Gasteiger partial charge in [0.05, 0.1) is 5.41 Å². The highest BCUT2D eigenvalue weighted by molar-refractivity contribution is 9.09.